The lowest BCUT2D eigenvalue weighted by Crippen LogP contribution is -2.33. The van der Waals surface area contributed by atoms with Crippen LogP contribution in [0.25, 0.3) is 11.0 Å². The molecule has 0 bridgehead atoms. The van der Waals surface area contributed by atoms with Crippen LogP contribution in [0, 0.1) is 0 Å². The Hall–Kier alpha value is -1.44. The molecule has 0 radical (unpaired) electrons. The maximum absolute atomic E-state index is 12.7. The zero-order valence-corrected chi connectivity index (χ0v) is 9.93. The number of rotatable bonds is 4. The molecule has 2 rings (SSSR count). The highest BCUT2D eigenvalue weighted by molar-refractivity contribution is 7.97. The summed E-state index contributed by atoms with van der Waals surface area (Å²) in [5, 5.41) is 0. The van der Waals surface area contributed by atoms with E-state index in [0.717, 1.165) is 0 Å². The van der Waals surface area contributed by atoms with Crippen molar-refractivity contribution in [3.63, 3.8) is 0 Å². The van der Waals surface area contributed by atoms with E-state index in [9.17, 15) is 17.6 Å². The molecule has 98 valence electrons. The van der Waals surface area contributed by atoms with E-state index in [1.165, 1.54) is 36.5 Å². The predicted octanol–water partition coefficient (Wildman–Crippen LogP) is 3.40. The summed E-state index contributed by atoms with van der Waals surface area (Å²) in [6, 6.07) is 3.88. The van der Waals surface area contributed by atoms with Gasteiger partial charge in [0.2, 0.25) is 0 Å². The van der Waals surface area contributed by atoms with Gasteiger partial charge in [0.1, 0.15) is 12.1 Å². The summed E-state index contributed by atoms with van der Waals surface area (Å²) >= 11 is 1.37. The van der Waals surface area contributed by atoms with Crippen molar-refractivity contribution in [3.05, 3.63) is 24.5 Å². The summed E-state index contributed by atoms with van der Waals surface area (Å²) in [5.41, 5.74) is 1.09. The van der Waals surface area contributed by atoms with E-state index in [2.05, 4.69) is 9.72 Å². The molecule has 0 saturated heterocycles. The van der Waals surface area contributed by atoms with E-state index in [0.29, 0.717) is 11.0 Å². The van der Waals surface area contributed by atoms with Crippen LogP contribution in [0.4, 0.5) is 17.6 Å². The second-order valence-corrected chi connectivity index (χ2v) is 4.13. The monoisotopic (exact) mass is 280 g/mol. The minimum Gasteiger partial charge on any atom is -0.428 e. The fourth-order valence-electron chi connectivity index (χ4n) is 1.38. The third-order valence-corrected chi connectivity index (χ3v) is 2.88. The average molecular weight is 280 g/mol. The van der Waals surface area contributed by atoms with Crippen LogP contribution >= 0.6 is 11.9 Å². The SMILES string of the molecule is CSn1cnc2cc(OC(F)(F)C(F)F)ccc21. The Morgan fingerprint density at radius 2 is 2.11 bits per heavy atom. The first-order valence-electron chi connectivity index (χ1n) is 4.80. The number of fused-ring (bicyclic) bond motifs is 1. The van der Waals surface area contributed by atoms with Gasteiger partial charge in [-0.1, -0.05) is 0 Å². The number of ether oxygens (including phenoxy) is 1. The van der Waals surface area contributed by atoms with Crippen molar-refractivity contribution in [2.24, 2.45) is 0 Å². The van der Waals surface area contributed by atoms with Crippen molar-refractivity contribution < 1.29 is 22.3 Å². The van der Waals surface area contributed by atoms with Crippen molar-refractivity contribution >= 4 is 23.0 Å². The van der Waals surface area contributed by atoms with Crippen LogP contribution < -0.4 is 4.74 Å². The highest BCUT2D eigenvalue weighted by Crippen LogP contribution is 2.29. The van der Waals surface area contributed by atoms with Gasteiger partial charge < -0.3 is 4.74 Å². The highest BCUT2D eigenvalue weighted by atomic mass is 32.2. The van der Waals surface area contributed by atoms with Gasteiger partial charge in [0.15, 0.2) is 0 Å². The molecular formula is C10H8F4N2OS. The van der Waals surface area contributed by atoms with Crippen molar-refractivity contribution in [3.8, 4) is 5.75 Å². The molecule has 0 saturated carbocycles. The van der Waals surface area contributed by atoms with Crippen LogP contribution in [0.1, 0.15) is 0 Å². The molecule has 2 aromatic rings. The van der Waals surface area contributed by atoms with Gasteiger partial charge in [-0.25, -0.2) is 4.98 Å². The molecule has 0 fully saturated rings. The number of imidazole rings is 1. The smallest absolute Gasteiger partial charge is 0.428 e. The second-order valence-electron chi connectivity index (χ2n) is 3.37. The molecule has 0 aliphatic rings. The van der Waals surface area contributed by atoms with Gasteiger partial charge in [-0.2, -0.15) is 17.6 Å². The van der Waals surface area contributed by atoms with Crippen molar-refractivity contribution in [1.29, 1.82) is 0 Å². The Labute approximate surface area is 104 Å². The maximum atomic E-state index is 12.7. The van der Waals surface area contributed by atoms with Crippen LogP contribution in [0.3, 0.4) is 0 Å². The fourth-order valence-corrected chi connectivity index (χ4v) is 1.87. The number of nitrogens with zero attached hydrogens (tertiary/aromatic N) is 2. The van der Waals surface area contributed by atoms with Gasteiger partial charge >= 0.3 is 12.5 Å². The number of alkyl halides is 4. The fraction of sp³-hybridized carbons (Fsp3) is 0.300. The predicted molar refractivity (Wildman–Crippen MR) is 60.2 cm³/mol. The van der Waals surface area contributed by atoms with Crippen molar-refractivity contribution in [1.82, 2.24) is 8.96 Å². The molecule has 1 aromatic carbocycles. The molecular weight excluding hydrogens is 272 g/mol. The van der Waals surface area contributed by atoms with Gasteiger partial charge in [-0.15, -0.1) is 0 Å². The van der Waals surface area contributed by atoms with Crippen LogP contribution in [-0.4, -0.2) is 27.7 Å². The van der Waals surface area contributed by atoms with E-state index in [1.807, 2.05) is 6.26 Å². The van der Waals surface area contributed by atoms with Gasteiger partial charge in [-0.3, -0.25) is 3.97 Å². The van der Waals surface area contributed by atoms with Crippen LogP contribution in [0.2, 0.25) is 0 Å². The molecule has 0 amide bonds. The number of hydrogen-bond donors (Lipinski definition) is 0. The molecule has 1 aromatic heterocycles. The standard InChI is InChI=1S/C10H8F4N2OS/c1-18-16-5-15-7-4-6(2-3-8(7)16)17-10(13,14)9(11)12/h2-5,9H,1H3. The molecule has 18 heavy (non-hydrogen) atoms. The van der Waals surface area contributed by atoms with Gasteiger partial charge in [0.05, 0.1) is 11.0 Å². The van der Waals surface area contributed by atoms with Crippen molar-refractivity contribution in [2.45, 2.75) is 12.5 Å². The summed E-state index contributed by atoms with van der Waals surface area (Å²) in [6.07, 6.45) is -5.06. The highest BCUT2D eigenvalue weighted by Gasteiger charge is 2.44. The number of benzene rings is 1. The first-order chi connectivity index (χ1) is 8.44. The molecule has 1 heterocycles. The summed E-state index contributed by atoms with van der Waals surface area (Å²) < 4.78 is 55.0. The van der Waals surface area contributed by atoms with Crippen LogP contribution in [0.5, 0.6) is 5.75 Å². The van der Waals surface area contributed by atoms with Gasteiger partial charge in [0.25, 0.3) is 0 Å². The molecule has 3 nitrogen and oxygen atoms in total. The number of halogens is 4. The lowest BCUT2D eigenvalue weighted by molar-refractivity contribution is -0.253. The third-order valence-electron chi connectivity index (χ3n) is 2.19. The quantitative estimate of drug-likeness (QED) is 0.803. The first kappa shape index (κ1) is 13.0. The zero-order chi connectivity index (χ0) is 13.3. The normalized spacial score (nSPS) is 12.3. The second kappa shape index (κ2) is 4.68. The van der Waals surface area contributed by atoms with Crippen LogP contribution in [0.15, 0.2) is 24.5 Å². The average Bonchev–Trinajstić information content (AvgIpc) is 2.70. The Morgan fingerprint density at radius 3 is 2.72 bits per heavy atom. The zero-order valence-electron chi connectivity index (χ0n) is 9.11. The van der Waals surface area contributed by atoms with Gasteiger partial charge in [0, 0.05) is 12.3 Å². The summed E-state index contributed by atoms with van der Waals surface area (Å²) in [7, 11) is 0. The number of aromatic nitrogens is 2. The lowest BCUT2D eigenvalue weighted by Gasteiger charge is -2.16. The molecule has 0 atom stereocenters. The third kappa shape index (κ3) is 2.38. The van der Waals surface area contributed by atoms with E-state index >= 15 is 0 Å². The Morgan fingerprint density at radius 1 is 1.39 bits per heavy atom. The largest absolute Gasteiger partial charge is 0.461 e. The maximum Gasteiger partial charge on any atom is 0.461 e. The molecule has 0 N–H and O–H groups in total. The first-order valence-corrected chi connectivity index (χ1v) is 5.99. The number of hydrogen-bond acceptors (Lipinski definition) is 3. The summed E-state index contributed by atoms with van der Waals surface area (Å²) in [5.74, 6) is -0.348. The topological polar surface area (TPSA) is 27.1 Å². The van der Waals surface area contributed by atoms with Crippen molar-refractivity contribution in [2.75, 3.05) is 6.26 Å². The van der Waals surface area contributed by atoms with Crippen LogP contribution in [-0.2, 0) is 0 Å². The minimum atomic E-state index is -4.50. The van der Waals surface area contributed by atoms with E-state index in [4.69, 9.17) is 0 Å². The Balaban J connectivity index is 2.31. The molecule has 0 unspecified atom stereocenters. The van der Waals surface area contributed by atoms with E-state index < -0.39 is 12.5 Å². The minimum absolute atomic E-state index is 0.348. The Bertz CT molecular complexity index is 558. The lowest BCUT2D eigenvalue weighted by atomic mass is 10.3. The van der Waals surface area contributed by atoms with E-state index in [-0.39, 0.29) is 5.75 Å². The van der Waals surface area contributed by atoms with E-state index in [1.54, 1.807) is 3.97 Å². The van der Waals surface area contributed by atoms with Gasteiger partial charge in [-0.05, 0) is 24.1 Å². The summed E-state index contributed by atoms with van der Waals surface area (Å²) in [4.78, 5) is 3.95. The molecule has 0 aliphatic carbocycles. The molecule has 8 heteroatoms. The molecule has 0 aliphatic heterocycles. The molecule has 0 spiro atoms. The Kier molecular flexibility index (Phi) is 3.38. The summed E-state index contributed by atoms with van der Waals surface area (Å²) in [6.45, 7) is 0.